The van der Waals surface area contributed by atoms with Crippen LogP contribution in [-0.2, 0) is 0 Å². The highest BCUT2D eigenvalue weighted by atomic mass is 19.1. The van der Waals surface area contributed by atoms with Gasteiger partial charge in [0.2, 0.25) is 0 Å². The molecule has 4 nitrogen and oxygen atoms in total. The topological polar surface area (TPSA) is 35.6 Å². The van der Waals surface area contributed by atoms with Crippen LogP contribution in [0.25, 0.3) is 22.5 Å². The summed E-state index contributed by atoms with van der Waals surface area (Å²) in [7, 11) is 0. The summed E-state index contributed by atoms with van der Waals surface area (Å²) in [6, 6.07) is 16.3. The minimum absolute atomic E-state index is 0.257. The average molecular weight is 332 g/mol. The summed E-state index contributed by atoms with van der Waals surface area (Å²) in [5, 5.41) is 9.09. The molecule has 0 aliphatic rings. The van der Waals surface area contributed by atoms with Crippen LogP contribution < -0.4 is 0 Å². The molecular formula is C20H17FN4. The monoisotopic (exact) mass is 332 g/mol. The minimum atomic E-state index is -0.257. The van der Waals surface area contributed by atoms with Gasteiger partial charge in [-0.25, -0.2) is 13.8 Å². The first-order valence-corrected chi connectivity index (χ1v) is 8.06. The number of nitrogens with zero attached hydrogens (tertiary/aromatic N) is 4. The van der Waals surface area contributed by atoms with Crippen LogP contribution in [0.4, 0.5) is 4.39 Å². The van der Waals surface area contributed by atoms with Gasteiger partial charge in [-0.05, 0) is 50.2 Å². The second-order valence-corrected chi connectivity index (χ2v) is 5.94. The van der Waals surface area contributed by atoms with Crippen molar-refractivity contribution in [1.29, 1.82) is 0 Å². The SMILES string of the molecule is Cc1nn(-c2ccccc2)c(C)c1-c1cnn(-c2ccc(F)cc2)c1. The number of aryl methyl sites for hydroxylation is 1. The molecule has 25 heavy (non-hydrogen) atoms. The number of para-hydroxylation sites is 1. The molecule has 0 saturated heterocycles. The van der Waals surface area contributed by atoms with Gasteiger partial charge in [-0.1, -0.05) is 18.2 Å². The van der Waals surface area contributed by atoms with E-state index in [4.69, 9.17) is 0 Å². The Morgan fingerprint density at radius 2 is 1.60 bits per heavy atom. The number of benzene rings is 2. The first-order chi connectivity index (χ1) is 12.1. The smallest absolute Gasteiger partial charge is 0.123 e. The Bertz CT molecular complexity index is 1010. The van der Waals surface area contributed by atoms with Gasteiger partial charge in [0, 0.05) is 23.0 Å². The van der Waals surface area contributed by atoms with Gasteiger partial charge in [0.25, 0.3) is 0 Å². The third kappa shape index (κ3) is 2.74. The molecule has 0 fully saturated rings. The highest BCUT2D eigenvalue weighted by molar-refractivity contribution is 5.68. The van der Waals surface area contributed by atoms with Crippen LogP contribution in [0.1, 0.15) is 11.4 Å². The molecule has 0 atom stereocenters. The minimum Gasteiger partial charge on any atom is -0.240 e. The Balaban J connectivity index is 1.76. The molecule has 0 radical (unpaired) electrons. The molecule has 4 aromatic rings. The maximum absolute atomic E-state index is 13.1. The van der Waals surface area contributed by atoms with E-state index in [-0.39, 0.29) is 5.82 Å². The molecule has 0 unspecified atom stereocenters. The molecule has 0 amide bonds. The summed E-state index contributed by atoms with van der Waals surface area (Å²) in [5.41, 5.74) is 5.90. The van der Waals surface area contributed by atoms with E-state index in [1.807, 2.05) is 54.3 Å². The Morgan fingerprint density at radius 1 is 0.880 bits per heavy atom. The lowest BCUT2D eigenvalue weighted by Crippen LogP contribution is -1.98. The molecule has 2 aromatic carbocycles. The zero-order valence-electron chi connectivity index (χ0n) is 14.0. The maximum Gasteiger partial charge on any atom is 0.123 e. The van der Waals surface area contributed by atoms with Crippen molar-refractivity contribution < 1.29 is 4.39 Å². The molecule has 5 heteroatoms. The first kappa shape index (κ1) is 15.3. The first-order valence-electron chi connectivity index (χ1n) is 8.06. The fourth-order valence-electron chi connectivity index (χ4n) is 3.07. The van der Waals surface area contributed by atoms with Crippen molar-refractivity contribution in [3.05, 3.63) is 84.2 Å². The zero-order valence-corrected chi connectivity index (χ0v) is 14.0. The molecule has 2 aromatic heterocycles. The Labute approximate surface area is 145 Å². The summed E-state index contributed by atoms with van der Waals surface area (Å²) in [6.45, 7) is 4.05. The summed E-state index contributed by atoms with van der Waals surface area (Å²) in [6.07, 6.45) is 3.76. The van der Waals surface area contributed by atoms with E-state index >= 15 is 0 Å². The predicted octanol–water partition coefficient (Wildman–Crippen LogP) is 4.48. The summed E-state index contributed by atoms with van der Waals surface area (Å²) in [5.74, 6) is -0.257. The molecular weight excluding hydrogens is 315 g/mol. The lowest BCUT2D eigenvalue weighted by atomic mass is 10.1. The molecule has 124 valence electrons. The molecule has 0 bridgehead atoms. The largest absolute Gasteiger partial charge is 0.240 e. The highest BCUT2D eigenvalue weighted by Gasteiger charge is 2.16. The fraction of sp³-hybridized carbons (Fsp3) is 0.100. The lowest BCUT2D eigenvalue weighted by molar-refractivity contribution is 0.627. The molecule has 0 aliphatic carbocycles. The summed E-state index contributed by atoms with van der Waals surface area (Å²) in [4.78, 5) is 0. The number of hydrogen-bond donors (Lipinski definition) is 0. The zero-order chi connectivity index (χ0) is 17.4. The van der Waals surface area contributed by atoms with Crippen LogP contribution in [0, 0.1) is 19.7 Å². The average Bonchev–Trinajstić information content (AvgIpc) is 3.21. The van der Waals surface area contributed by atoms with Crippen molar-refractivity contribution in [3.8, 4) is 22.5 Å². The van der Waals surface area contributed by atoms with Gasteiger partial charge in [0.05, 0.1) is 23.3 Å². The standard InChI is InChI=1S/C20H17FN4/c1-14-20(15(2)25(23-14)19-6-4-3-5-7-19)16-12-22-24(13-16)18-10-8-17(21)9-11-18/h3-13H,1-2H3. The maximum atomic E-state index is 13.1. The summed E-state index contributed by atoms with van der Waals surface area (Å²) < 4.78 is 16.8. The van der Waals surface area contributed by atoms with Gasteiger partial charge >= 0.3 is 0 Å². The van der Waals surface area contributed by atoms with Crippen LogP contribution in [0.5, 0.6) is 0 Å². The molecule has 0 spiro atoms. The van der Waals surface area contributed by atoms with Gasteiger partial charge in [-0.15, -0.1) is 0 Å². The van der Waals surface area contributed by atoms with Gasteiger partial charge in [0.1, 0.15) is 5.82 Å². The molecule has 0 saturated carbocycles. The molecule has 0 N–H and O–H groups in total. The summed E-state index contributed by atoms with van der Waals surface area (Å²) >= 11 is 0. The van der Waals surface area contributed by atoms with Crippen molar-refractivity contribution >= 4 is 0 Å². The van der Waals surface area contributed by atoms with Crippen molar-refractivity contribution in [2.75, 3.05) is 0 Å². The molecule has 4 rings (SSSR count). The van der Waals surface area contributed by atoms with Crippen LogP contribution in [0.2, 0.25) is 0 Å². The van der Waals surface area contributed by atoms with E-state index in [1.54, 1.807) is 16.8 Å². The normalized spacial score (nSPS) is 11.0. The predicted molar refractivity (Wildman–Crippen MR) is 95.6 cm³/mol. The van der Waals surface area contributed by atoms with Crippen molar-refractivity contribution in [2.24, 2.45) is 0 Å². The van der Waals surface area contributed by atoms with Crippen molar-refractivity contribution in [2.45, 2.75) is 13.8 Å². The van der Waals surface area contributed by atoms with Gasteiger partial charge in [0.15, 0.2) is 0 Å². The quantitative estimate of drug-likeness (QED) is 0.554. The van der Waals surface area contributed by atoms with E-state index < -0.39 is 0 Å². The number of aromatic nitrogens is 4. The Kier molecular flexibility index (Phi) is 3.69. The van der Waals surface area contributed by atoms with E-state index in [1.165, 1.54) is 12.1 Å². The molecule has 0 aliphatic heterocycles. The Morgan fingerprint density at radius 3 is 2.32 bits per heavy atom. The lowest BCUT2D eigenvalue weighted by Gasteiger charge is -2.04. The number of hydrogen-bond acceptors (Lipinski definition) is 2. The third-order valence-electron chi connectivity index (χ3n) is 4.25. The van der Waals surface area contributed by atoms with Crippen LogP contribution in [0.15, 0.2) is 67.0 Å². The Hall–Kier alpha value is -3.21. The third-order valence-corrected chi connectivity index (χ3v) is 4.25. The molecule has 2 heterocycles. The highest BCUT2D eigenvalue weighted by Crippen LogP contribution is 2.29. The van der Waals surface area contributed by atoms with E-state index in [0.717, 1.165) is 33.9 Å². The van der Waals surface area contributed by atoms with E-state index in [9.17, 15) is 4.39 Å². The second kappa shape index (κ2) is 6.02. The van der Waals surface area contributed by atoms with E-state index in [2.05, 4.69) is 17.1 Å². The van der Waals surface area contributed by atoms with Gasteiger partial charge in [-0.3, -0.25) is 0 Å². The fourth-order valence-corrected chi connectivity index (χ4v) is 3.07. The van der Waals surface area contributed by atoms with Crippen LogP contribution in [0.3, 0.4) is 0 Å². The van der Waals surface area contributed by atoms with Crippen LogP contribution >= 0.6 is 0 Å². The number of rotatable bonds is 3. The number of halogens is 1. The van der Waals surface area contributed by atoms with Crippen molar-refractivity contribution in [1.82, 2.24) is 19.6 Å². The second-order valence-electron chi connectivity index (χ2n) is 5.94. The van der Waals surface area contributed by atoms with E-state index in [0.29, 0.717) is 0 Å². The van der Waals surface area contributed by atoms with Crippen molar-refractivity contribution in [3.63, 3.8) is 0 Å². The van der Waals surface area contributed by atoms with Crippen LogP contribution in [-0.4, -0.2) is 19.6 Å². The van der Waals surface area contributed by atoms with Gasteiger partial charge in [-0.2, -0.15) is 10.2 Å². The van der Waals surface area contributed by atoms with Gasteiger partial charge < -0.3 is 0 Å².